The molecule has 20 heavy (non-hydrogen) atoms. The Balaban J connectivity index is 1.62. The molecule has 3 rings (SSSR count). The molecule has 0 spiro atoms. The third-order valence-electron chi connectivity index (χ3n) is 3.23. The molecule has 1 N–H and O–H groups in total. The number of nitrogens with zero attached hydrogens (tertiary/aromatic N) is 4. The first kappa shape index (κ1) is 13.2. The lowest BCUT2D eigenvalue weighted by Crippen LogP contribution is -2.33. The lowest BCUT2D eigenvalue weighted by atomic mass is 10.2. The van der Waals surface area contributed by atoms with E-state index < -0.39 is 0 Å². The normalized spacial score (nSPS) is 19.4. The van der Waals surface area contributed by atoms with Gasteiger partial charge in [0.05, 0.1) is 12.6 Å². The number of anilines is 1. The van der Waals surface area contributed by atoms with Crippen LogP contribution in [-0.2, 0) is 4.79 Å². The van der Waals surface area contributed by atoms with Crippen LogP contribution in [0, 0.1) is 6.92 Å². The maximum atomic E-state index is 12.0. The molecule has 0 bridgehead atoms. The van der Waals surface area contributed by atoms with E-state index in [9.17, 15) is 4.79 Å². The van der Waals surface area contributed by atoms with Gasteiger partial charge in [0.2, 0.25) is 11.8 Å². The fraction of sp³-hybridized carbons (Fsp3) is 0.500. The molecule has 106 valence electrons. The first-order chi connectivity index (χ1) is 9.72. The number of hydrogen-bond donors (Lipinski definition) is 1. The number of carbonyl (C=O) groups is 1. The molecule has 1 fully saturated rings. The quantitative estimate of drug-likeness (QED) is 0.922. The van der Waals surface area contributed by atoms with Crippen LogP contribution >= 0.6 is 11.3 Å². The smallest absolute Gasteiger partial charge is 0.240 e. The molecule has 1 amide bonds. The lowest BCUT2D eigenvalue weighted by Gasteiger charge is -2.20. The zero-order valence-electron chi connectivity index (χ0n) is 11.1. The molecule has 7 nitrogen and oxygen atoms in total. The molecule has 3 heterocycles. The van der Waals surface area contributed by atoms with Crippen molar-refractivity contribution in [3.8, 4) is 0 Å². The molecule has 1 atom stereocenters. The van der Waals surface area contributed by atoms with Crippen LogP contribution in [0.2, 0.25) is 0 Å². The predicted molar refractivity (Wildman–Crippen MR) is 73.3 cm³/mol. The second-order valence-electron chi connectivity index (χ2n) is 4.69. The maximum absolute atomic E-state index is 12.0. The minimum absolute atomic E-state index is 0.0629. The molecule has 0 saturated carbocycles. The van der Waals surface area contributed by atoms with Crippen molar-refractivity contribution in [2.45, 2.75) is 25.8 Å². The van der Waals surface area contributed by atoms with Crippen LogP contribution in [0.4, 0.5) is 5.13 Å². The number of hydrogen-bond acceptors (Lipinski definition) is 7. The third-order valence-corrected chi connectivity index (χ3v) is 3.92. The summed E-state index contributed by atoms with van der Waals surface area (Å²) in [6.45, 7) is 2.95. The summed E-state index contributed by atoms with van der Waals surface area (Å²) in [5.41, 5.74) is 0. The van der Waals surface area contributed by atoms with Gasteiger partial charge in [-0.2, -0.15) is 4.98 Å². The largest absolute Gasteiger partial charge is 0.340 e. The van der Waals surface area contributed by atoms with Crippen molar-refractivity contribution in [3.05, 3.63) is 23.3 Å². The Kier molecular flexibility index (Phi) is 3.75. The van der Waals surface area contributed by atoms with E-state index >= 15 is 0 Å². The maximum Gasteiger partial charge on any atom is 0.240 e. The van der Waals surface area contributed by atoms with E-state index in [1.807, 2.05) is 5.38 Å². The summed E-state index contributed by atoms with van der Waals surface area (Å²) in [5, 5.41) is 9.21. The molecular weight excluding hydrogens is 278 g/mol. The number of aromatic nitrogens is 3. The van der Waals surface area contributed by atoms with E-state index in [4.69, 9.17) is 4.52 Å². The number of likely N-dealkylation sites (tertiary alicyclic amines) is 1. The standard InChI is InChI=1S/C12H15N5O2S/c1-8-14-11(16-19-8)9-3-2-5-17(9)7-10(18)15-12-13-4-6-20-12/h4,6,9H,2-3,5,7H2,1H3,(H,13,15,18)/t9-/m1/s1. The number of amides is 1. The van der Waals surface area contributed by atoms with Gasteiger partial charge in [0.25, 0.3) is 0 Å². The van der Waals surface area contributed by atoms with E-state index in [0.29, 0.717) is 23.4 Å². The van der Waals surface area contributed by atoms with Gasteiger partial charge in [0, 0.05) is 18.5 Å². The van der Waals surface area contributed by atoms with Crippen LogP contribution < -0.4 is 5.32 Å². The fourth-order valence-corrected chi connectivity index (χ4v) is 2.93. The Bertz CT molecular complexity index is 582. The van der Waals surface area contributed by atoms with Crippen molar-refractivity contribution in [1.29, 1.82) is 0 Å². The summed E-state index contributed by atoms with van der Waals surface area (Å²) >= 11 is 1.41. The van der Waals surface area contributed by atoms with Crippen LogP contribution in [0.1, 0.15) is 30.6 Å². The Morgan fingerprint density at radius 2 is 2.55 bits per heavy atom. The summed E-state index contributed by atoms with van der Waals surface area (Å²) < 4.78 is 5.02. The molecule has 0 radical (unpaired) electrons. The van der Waals surface area contributed by atoms with Crippen molar-refractivity contribution in [2.24, 2.45) is 0 Å². The minimum atomic E-state index is -0.0629. The monoisotopic (exact) mass is 293 g/mol. The number of rotatable bonds is 4. The first-order valence-corrected chi connectivity index (χ1v) is 7.34. The van der Waals surface area contributed by atoms with E-state index in [1.165, 1.54) is 11.3 Å². The summed E-state index contributed by atoms with van der Waals surface area (Å²) in [7, 11) is 0. The Labute approximate surface area is 120 Å². The molecule has 8 heteroatoms. The predicted octanol–water partition coefficient (Wildman–Crippen LogP) is 1.61. The van der Waals surface area contributed by atoms with Gasteiger partial charge in [-0.25, -0.2) is 4.98 Å². The van der Waals surface area contributed by atoms with Gasteiger partial charge in [-0.15, -0.1) is 11.3 Å². The van der Waals surface area contributed by atoms with Crippen molar-refractivity contribution in [2.75, 3.05) is 18.4 Å². The number of nitrogens with one attached hydrogen (secondary N) is 1. The van der Waals surface area contributed by atoms with E-state index in [2.05, 4.69) is 25.3 Å². The first-order valence-electron chi connectivity index (χ1n) is 6.46. The highest BCUT2D eigenvalue weighted by Gasteiger charge is 2.31. The highest BCUT2D eigenvalue weighted by atomic mass is 32.1. The van der Waals surface area contributed by atoms with Crippen LogP contribution in [-0.4, -0.2) is 39.0 Å². The third kappa shape index (κ3) is 2.86. The van der Waals surface area contributed by atoms with Crippen molar-refractivity contribution < 1.29 is 9.32 Å². The summed E-state index contributed by atoms with van der Waals surface area (Å²) in [6.07, 6.45) is 3.65. The lowest BCUT2D eigenvalue weighted by molar-refractivity contribution is -0.117. The van der Waals surface area contributed by atoms with Gasteiger partial charge >= 0.3 is 0 Å². The fourth-order valence-electron chi connectivity index (χ4n) is 2.39. The number of aryl methyl sites for hydroxylation is 1. The van der Waals surface area contributed by atoms with Gasteiger partial charge in [-0.1, -0.05) is 5.16 Å². The summed E-state index contributed by atoms with van der Waals surface area (Å²) in [4.78, 5) is 22.4. The second kappa shape index (κ2) is 5.68. The van der Waals surface area contributed by atoms with Crippen LogP contribution in [0.5, 0.6) is 0 Å². The minimum Gasteiger partial charge on any atom is -0.340 e. The van der Waals surface area contributed by atoms with Crippen LogP contribution in [0.25, 0.3) is 0 Å². The highest BCUT2D eigenvalue weighted by Crippen LogP contribution is 2.29. The van der Waals surface area contributed by atoms with Gasteiger partial charge in [-0.3, -0.25) is 9.69 Å². The van der Waals surface area contributed by atoms with E-state index in [-0.39, 0.29) is 11.9 Å². The van der Waals surface area contributed by atoms with Crippen molar-refractivity contribution in [1.82, 2.24) is 20.0 Å². The van der Waals surface area contributed by atoms with Crippen molar-refractivity contribution in [3.63, 3.8) is 0 Å². The average molecular weight is 293 g/mol. The molecule has 0 unspecified atom stereocenters. The van der Waals surface area contributed by atoms with Gasteiger partial charge in [0.1, 0.15) is 0 Å². The van der Waals surface area contributed by atoms with Gasteiger partial charge in [-0.05, 0) is 19.4 Å². The number of carbonyl (C=O) groups excluding carboxylic acids is 1. The Hall–Kier alpha value is -1.80. The van der Waals surface area contributed by atoms with E-state index in [1.54, 1.807) is 13.1 Å². The molecule has 0 aliphatic carbocycles. The molecule has 2 aromatic rings. The SMILES string of the molecule is Cc1nc([C@H]2CCCN2CC(=O)Nc2nccs2)no1. The zero-order chi connectivity index (χ0) is 13.9. The topological polar surface area (TPSA) is 84.2 Å². The Morgan fingerprint density at radius 1 is 1.65 bits per heavy atom. The molecular formula is C12H15N5O2S. The van der Waals surface area contributed by atoms with Crippen LogP contribution in [0.3, 0.4) is 0 Å². The van der Waals surface area contributed by atoms with Crippen LogP contribution in [0.15, 0.2) is 16.1 Å². The van der Waals surface area contributed by atoms with Gasteiger partial charge in [0.15, 0.2) is 11.0 Å². The summed E-state index contributed by atoms with van der Waals surface area (Å²) in [6, 6.07) is 0.0643. The van der Waals surface area contributed by atoms with Gasteiger partial charge < -0.3 is 9.84 Å². The Morgan fingerprint density at radius 3 is 3.25 bits per heavy atom. The number of thiazole rings is 1. The van der Waals surface area contributed by atoms with Crippen molar-refractivity contribution >= 4 is 22.4 Å². The zero-order valence-corrected chi connectivity index (χ0v) is 11.9. The van der Waals surface area contributed by atoms with E-state index in [0.717, 1.165) is 19.4 Å². The molecule has 0 aromatic carbocycles. The molecule has 1 aliphatic heterocycles. The molecule has 1 aliphatic rings. The molecule has 1 saturated heterocycles. The summed E-state index contributed by atoms with van der Waals surface area (Å²) in [5.74, 6) is 1.16. The average Bonchev–Trinajstić information content (AvgIpc) is 3.11. The highest BCUT2D eigenvalue weighted by molar-refractivity contribution is 7.13. The second-order valence-corrected chi connectivity index (χ2v) is 5.58. The molecule has 2 aromatic heterocycles.